The van der Waals surface area contributed by atoms with Crippen LogP contribution < -0.4 is 4.90 Å². The molecule has 0 aliphatic carbocycles. The first kappa shape index (κ1) is 23.9. The van der Waals surface area contributed by atoms with Gasteiger partial charge in [-0.25, -0.2) is 13.8 Å². The van der Waals surface area contributed by atoms with Crippen molar-refractivity contribution < 1.29 is 18.3 Å². The third-order valence-electron chi connectivity index (χ3n) is 4.81. The maximum atomic E-state index is 14.1. The summed E-state index contributed by atoms with van der Waals surface area (Å²) < 4.78 is 33.3. The number of aromatic nitrogens is 1. The van der Waals surface area contributed by atoms with Crippen molar-refractivity contribution in [1.29, 1.82) is 0 Å². The average Bonchev–Trinajstić information content (AvgIpc) is 3.19. The van der Waals surface area contributed by atoms with Gasteiger partial charge in [0.2, 0.25) is 5.91 Å². The second-order valence-corrected chi connectivity index (χ2v) is 8.88. The quantitative estimate of drug-likeness (QED) is 0.462. The van der Waals surface area contributed by atoms with Crippen LogP contribution in [0, 0.1) is 11.6 Å². The Morgan fingerprint density at radius 2 is 1.90 bits per heavy atom. The van der Waals surface area contributed by atoms with Gasteiger partial charge in [0.05, 0.1) is 23.7 Å². The van der Waals surface area contributed by atoms with Crippen molar-refractivity contribution in [1.82, 2.24) is 9.88 Å². The van der Waals surface area contributed by atoms with Crippen molar-refractivity contribution in [3.05, 3.63) is 54.1 Å². The summed E-state index contributed by atoms with van der Waals surface area (Å²) >= 11 is 2.65. The fourth-order valence-electron chi connectivity index (χ4n) is 3.17. The summed E-state index contributed by atoms with van der Waals surface area (Å²) in [6, 6.07) is 10.9. The number of hydrogen-bond acceptors (Lipinski definition) is 6. The van der Waals surface area contributed by atoms with Crippen LogP contribution >= 0.6 is 35.5 Å². The van der Waals surface area contributed by atoms with E-state index in [1.807, 2.05) is 0 Å². The molecule has 1 aliphatic heterocycles. The van der Waals surface area contributed by atoms with Gasteiger partial charge in [-0.3, -0.25) is 14.6 Å². The molecule has 2 aromatic carbocycles. The first-order chi connectivity index (χ1) is 14.6. The molecule has 0 saturated carbocycles. The summed E-state index contributed by atoms with van der Waals surface area (Å²) in [4.78, 5) is 22.2. The van der Waals surface area contributed by atoms with E-state index < -0.39 is 5.82 Å². The van der Waals surface area contributed by atoms with Gasteiger partial charge in [0.25, 0.3) is 0 Å². The van der Waals surface area contributed by atoms with Crippen LogP contribution in [-0.4, -0.2) is 60.9 Å². The number of thioether (sulfide) groups is 1. The molecule has 1 aromatic heterocycles. The average molecular weight is 486 g/mol. The molecule has 0 unspecified atom stereocenters. The number of carbonyl (C=O) groups excluding carboxylic acids is 1. The van der Waals surface area contributed by atoms with Gasteiger partial charge in [0.1, 0.15) is 17.2 Å². The van der Waals surface area contributed by atoms with Crippen LogP contribution in [0.5, 0.6) is 0 Å². The van der Waals surface area contributed by atoms with Gasteiger partial charge in [0, 0.05) is 31.1 Å². The number of morpholine rings is 1. The molecular formula is C21H22ClF2N3O2S2. The van der Waals surface area contributed by atoms with E-state index in [4.69, 9.17) is 4.74 Å². The molecule has 2 heterocycles. The van der Waals surface area contributed by atoms with Gasteiger partial charge in [-0.1, -0.05) is 17.4 Å². The van der Waals surface area contributed by atoms with E-state index in [1.54, 1.807) is 29.2 Å². The van der Waals surface area contributed by atoms with Crippen LogP contribution in [0.2, 0.25) is 0 Å². The Balaban J connectivity index is 0.00000272. The van der Waals surface area contributed by atoms with Gasteiger partial charge in [-0.05, 0) is 36.4 Å². The van der Waals surface area contributed by atoms with Gasteiger partial charge < -0.3 is 4.74 Å². The fraction of sp³-hybridized carbons (Fsp3) is 0.333. The lowest BCUT2D eigenvalue weighted by Gasteiger charge is -2.29. The van der Waals surface area contributed by atoms with Gasteiger partial charge in [-0.15, -0.1) is 24.2 Å². The lowest BCUT2D eigenvalue weighted by atomic mass is 10.3. The first-order valence-electron chi connectivity index (χ1n) is 9.64. The lowest BCUT2D eigenvalue weighted by molar-refractivity contribution is -0.116. The lowest BCUT2D eigenvalue weighted by Crippen LogP contribution is -2.43. The summed E-state index contributed by atoms with van der Waals surface area (Å²) in [6.07, 6.45) is 0. The van der Waals surface area contributed by atoms with Crippen molar-refractivity contribution in [2.75, 3.05) is 50.0 Å². The number of carbonyl (C=O) groups is 1. The Morgan fingerprint density at radius 3 is 2.61 bits per heavy atom. The van der Waals surface area contributed by atoms with Gasteiger partial charge in [0.15, 0.2) is 5.13 Å². The first-order valence-corrected chi connectivity index (χ1v) is 11.4. The Labute approximate surface area is 193 Å². The van der Waals surface area contributed by atoms with E-state index in [1.165, 1.54) is 41.3 Å². The number of hydrogen-bond donors (Lipinski definition) is 0. The molecule has 1 fully saturated rings. The van der Waals surface area contributed by atoms with E-state index >= 15 is 0 Å². The Kier molecular flexibility index (Phi) is 8.62. The molecule has 31 heavy (non-hydrogen) atoms. The molecule has 1 saturated heterocycles. The van der Waals surface area contributed by atoms with Crippen molar-refractivity contribution >= 4 is 56.8 Å². The topological polar surface area (TPSA) is 45.7 Å². The predicted octanol–water partition coefficient (Wildman–Crippen LogP) is 4.45. The number of nitrogens with zero attached hydrogens (tertiary/aromatic N) is 3. The number of ether oxygens (including phenoxy) is 1. The molecular weight excluding hydrogens is 464 g/mol. The minimum Gasteiger partial charge on any atom is -0.379 e. The molecule has 0 atom stereocenters. The second-order valence-electron chi connectivity index (χ2n) is 6.83. The number of halogens is 3. The maximum absolute atomic E-state index is 14.1. The highest BCUT2D eigenvalue weighted by Crippen LogP contribution is 2.31. The predicted molar refractivity (Wildman–Crippen MR) is 124 cm³/mol. The Bertz CT molecular complexity index is 1010. The van der Waals surface area contributed by atoms with Crippen LogP contribution in [0.3, 0.4) is 0 Å². The molecule has 0 bridgehead atoms. The number of thiazole rings is 1. The van der Waals surface area contributed by atoms with E-state index in [2.05, 4.69) is 9.88 Å². The molecule has 4 rings (SSSR count). The van der Waals surface area contributed by atoms with Crippen LogP contribution in [0.1, 0.15) is 0 Å². The molecule has 1 amide bonds. The van der Waals surface area contributed by atoms with Gasteiger partial charge in [-0.2, -0.15) is 0 Å². The molecule has 0 spiro atoms. The molecule has 1 aliphatic rings. The van der Waals surface area contributed by atoms with Crippen LogP contribution in [-0.2, 0) is 9.53 Å². The van der Waals surface area contributed by atoms with Crippen molar-refractivity contribution in [2.45, 2.75) is 4.90 Å². The van der Waals surface area contributed by atoms with Crippen LogP contribution in [0.15, 0.2) is 47.4 Å². The highest BCUT2D eigenvalue weighted by atomic mass is 35.5. The largest absolute Gasteiger partial charge is 0.379 e. The summed E-state index contributed by atoms with van der Waals surface area (Å²) in [6.45, 7) is 4.15. The standard InChI is InChI=1S/C21H21F2N3O2S2.ClH/c22-15-4-6-16(7-5-15)29-14-19(27)26(9-8-25-10-12-28-13-11-25)21-24-20-17(23)2-1-3-18(20)30-21;/h1-7H,8-14H2;1H. The van der Waals surface area contributed by atoms with Crippen LogP contribution in [0.25, 0.3) is 10.2 Å². The number of benzene rings is 2. The molecule has 3 aromatic rings. The SMILES string of the molecule is Cl.O=C(CSc1ccc(F)cc1)N(CCN1CCOCC1)c1nc2c(F)cccc2s1. The van der Waals surface area contributed by atoms with E-state index in [0.717, 1.165) is 18.0 Å². The zero-order valence-electron chi connectivity index (χ0n) is 16.6. The number of fused-ring (bicyclic) bond motifs is 1. The second kappa shape index (κ2) is 11.2. The van der Waals surface area contributed by atoms with Crippen molar-refractivity contribution in [3.8, 4) is 0 Å². The number of amides is 1. The highest BCUT2D eigenvalue weighted by molar-refractivity contribution is 8.00. The monoisotopic (exact) mass is 485 g/mol. The minimum atomic E-state index is -0.392. The summed E-state index contributed by atoms with van der Waals surface area (Å²) in [7, 11) is 0. The zero-order chi connectivity index (χ0) is 20.9. The third kappa shape index (κ3) is 6.14. The van der Waals surface area contributed by atoms with Crippen molar-refractivity contribution in [2.24, 2.45) is 0 Å². The maximum Gasteiger partial charge on any atom is 0.239 e. The smallest absolute Gasteiger partial charge is 0.239 e. The number of anilines is 1. The minimum absolute atomic E-state index is 0. The van der Waals surface area contributed by atoms with E-state index in [9.17, 15) is 13.6 Å². The van der Waals surface area contributed by atoms with Crippen LogP contribution in [0.4, 0.5) is 13.9 Å². The number of rotatable bonds is 7. The summed E-state index contributed by atoms with van der Waals surface area (Å²) in [5, 5.41) is 0.494. The molecule has 5 nitrogen and oxygen atoms in total. The summed E-state index contributed by atoms with van der Waals surface area (Å²) in [5.74, 6) is -0.629. The Morgan fingerprint density at radius 1 is 1.16 bits per heavy atom. The molecule has 10 heteroatoms. The van der Waals surface area contributed by atoms with Crippen molar-refractivity contribution in [3.63, 3.8) is 0 Å². The number of para-hydroxylation sites is 1. The molecule has 166 valence electrons. The highest BCUT2D eigenvalue weighted by Gasteiger charge is 2.22. The van der Waals surface area contributed by atoms with E-state index in [0.29, 0.717) is 36.1 Å². The normalized spacial score (nSPS) is 14.4. The zero-order valence-corrected chi connectivity index (χ0v) is 19.1. The summed E-state index contributed by atoms with van der Waals surface area (Å²) in [5.41, 5.74) is 0.285. The van der Waals surface area contributed by atoms with E-state index in [-0.39, 0.29) is 35.4 Å². The van der Waals surface area contributed by atoms with Gasteiger partial charge >= 0.3 is 0 Å². The molecule has 0 N–H and O–H groups in total. The third-order valence-corrected chi connectivity index (χ3v) is 6.85. The Hall–Kier alpha value is -1.78. The molecule has 0 radical (unpaired) electrons. The fourth-order valence-corrected chi connectivity index (χ4v) is 4.96.